The fourth-order valence-corrected chi connectivity index (χ4v) is 5.38. The highest BCUT2D eigenvalue weighted by molar-refractivity contribution is 7.92. The van der Waals surface area contributed by atoms with Gasteiger partial charge in [-0.05, 0) is 44.4 Å². The van der Waals surface area contributed by atoms with Crippen molar-refractivity contribution in [1.82, 2.24) is 4.98 Å². The van der Waals surface area contributed by atoms with Gasteiger partial charge in [0.2, 0.25) is 5.82 Å². The maximum absolute atomic E-state index is 13.4. The quantitative estimate of drug-likeness (QED) is 0.280. The van der Waals surface area contributed by atoms with Crippen LogP contribution in [-0.2, 0) is 19.6 Å². The number of anilines is 2. The molecule has 3 rings (SSSR count). The molecule has 184 valence electrons. The van der Waals surface area contributed by atoms with Gasteiger partial charge in [0.25, 0.3) is 10.0 Å². The molecule has 2 aromatic rings. The Morgan fingerprint density at radius 2 is 1.85 bits per heavy atom. The summed E-state index contributed by atoms with van der Waals surface area (Å²) in [6, 6.07) is 10.7. The predicted molar refractivity (Wildman–Crippen MR) is 128 cm³/mol. The largest absolute Gasteiger partial charge is 0.466 e. The minimum Gasteiger partial charge on any atom is -0.466 e. The zero-order valence-corrected chi connectivity index (χ0v) is 20.2. The number of unbranched alkanes of at least 4 members (excludes halogenated alkanes) is 1. The van der Waals surface area contributed by atoms with Crippen molar-refractivity contribution in [1.29, 1.82) is 0 Å². The second kappa shape index (κ2) is 11.3. The minimum atomic E-state index is -3.91. The number of hydrogen-bond acceptors (Lipinski definition) is 8. The van der Waals surface area contributed by atoms with Crippen molar-refractivity contribution in [3.8, 4) is 0 Å². The van der Waals surface area contributed by atoms with Gasteiger partial charge in [0, 0.05) is 25.7 Å². The van der Waals surface area contributed by atoms with Crippen molar-refractivity contribution in [2.75, 3.05) is 35.4 Å². The van der Waals surface area contributed by atoms with E-state index >= 15 is 0 Å². The van der Waals surface area contributed by atoms with Gasteiger partial charge in [0.05, 0.1) is 22.3 Å². The topological polar surface area (TPSA) is 123 Å². The number of piperidine rings is 1. The molecule has 1 saturated heterocycles. The molecule has 1 fully saturated rings. The number of rotatable bonds is 10. The van der Waals surface area contributed by atoms with Crippen molar-refractivity contribution in [3.05, 3.63) is 52.6 Å². The Hall–Kier alpha value is -3.21. The Bertz CT molecular complexity index is 1100. The van der Waals surface area contributed by atoms with Gasteiger partial charge in [-0.15, -0.1) is 0 Å². The van der Waals surface area contributed by atoms with Gasteiger partial charge in [0.1, 0.15) is 5.82 Å². The summed E-state index contributed by atoms with van der Waals surface area (Å²) in [5, 5.41) is 11.7. The van der Waals surface area contributed by atoms with Gasteiger partial charge >= 0.3 is 11.7 Å². The molecule has 0 atom stereocenters. The molecule has 10 nitrogen and oxygen atoms in total. The van der Waals surface area contributed by atoms with Crippen LogP contribution in [-0.4, -0.2) is 50.5 Å². The van der Waals surface area contributed by atoms with Gasteiger partial charge in [-0.3, -0.25) is 14.9 Å². The number of aromatic nitrogens is 1. The molecule has 0 bridgehead atoms. The molecule has 34 heavy (non-hydrogen) atoms. The van der Waals surface area contributed by atoms with Crippen LogP contribution < -0.4 is 9.21 Å². The van der Waals surface area contributed by atoms with Crippen LogP contribution in [0.2, 0.25) is 0 Å². The van der Waals surface area contributed by atoms with Crippen molar-refractivity contribution in [2.45, 2.75) is 44.4 Å². The van der Waals surface area contributed by atoms with E-state index in [1.165, 1.54) is 28.6 Å². The lowest BCUT2D eigenvalue weighted by Gasteiger charge is -2.32. The van der Waals surface area contributed by atoms with Crippen LogP contribution >= 0.6 is 0 Å². The maximum Gasteiger partial charge on any atom is 0.311 e. The standard InChI is InChI=1S/C23H30N4O6S/c1-3-5-15-26(34(31,32)19-9-7-6-8-10-19)21-12-11-20(27(29)30)22(24-21)25-16-13-18(14-17-25)23(28)33-4-2/h6-12,18H,3-5,13-17H2,1-2H3. The number of pyridine rings is 1. The number of benzene rings is 1. The molecule has 0 radical (unpaired) electrons. The van der Waals surface area contributed by atoms with Crippen molar-refractivity contribution < 1.29 is 22.9 Å². The first-order chi connectivity index (χ1) is 16.3. The molecule has 0 aliphatic carbocycles. The van der Waals surface area contributed by atoms with E-state index in [0.29, 0.717) is 39.0 Å². The first kappa shape index (κ1) is 25.4. The molecule has 0 amide bonds. The SMILES string of the molecule is CCCCN(c1ccc([N+](=O)[O-])c(N2CCC(C(=O)OCC)CC2)n1)S(=O)(=O)c1ccccc1. The summed E-state index contributed by atoms with van der Waals surface area (Å²) in [5.74, 6) is -0.295. The molecule has 1 aliphatic heterocycles. The van der Waals surface area contributed by atoms with Crippen LogP contribution in [0.3, 0.4) is 0 Å². The van der Waals surface area contributed by atoms with Gasteiger partial charge in [0.15, 0.2) is 0 Å². The number of ether oxygens (including phenoxy) is 1. The van der Waals surface area contributed by atoms with Crippen molar-refractivity contribution in [3.63, 3.8) is 0 Å². The number of nitrogens with zero attached hydrogens (tertiary/aromatic N) is 4. The zero-order chi connectivity index (χ0) is 24.7. The second-order valence-corrected chi connectivity index (χ2v) is 9.89. The number of nitro groups is 1. The molecule has 11 heteroatoms. The predicted octanol–water partition coefficient (Wildman–Crippen LogP) is 3.76. The van der Waals surface area contributed by atoms with Gasteiger partial charge in [-0.2, -0.15) is 0 Å². The second-order valence-electron chi connectivity index (χ2n) is 8.03. The third-order valence-electron chi connectivity index (χ3n) is 5.75. The molecule has 1 aromatic heterocycles. The molecule has 0 saturated carbocycles. The Kier molecular flexibility index (Phi) is 8.43. The number of sulfonamides is 1. The minimum absolute atomic E-state index is 0.106. The number of esters is 1. The van der Waals surface area contributed by atoms with E-state index in [1.807, 2.05) is 6.92 Å². The van der Waals surface area contributed by atoms with E-state index in [9.17, 15) is 23.3 Å². The Morgan fingerprint density at radius 1 is 1.18 bits per heavy atom. The van der Waals surface area contributed by atoms with E-state index in [4.69, 9.17) is 4.74 Å². The normalized spacial score (nSPS) is 14.6. The maximum atomic E-state index is 13.4. The van der Waals surface area contributed by atoms with E-state index < -0.39 is 14.9 Å². The summed E-state index contributed by atoms with van der Waals surface area (Å²) in [4.78, 5) is 29.6. The van der Waals surface area contributed by atoms with Crippen LogP contribution in [0.1, 0.15) is 39.5 Å². The smallest absolute Gasteiger partial charge is 0.311 e. The molecule has 1 aliphatic rings. The Balaban J connectivity index is 1.96. The molecular formula is C23H30N4O6S. The average Bonchev–Trinajstić information content (AvgIpc) is 2.84. The summed E-state index contributed by atoms with van der Waals surface area (Å²) >= 11 is 0. The van der Waals surface area contributed by atoms with Crippen LogP contribution in [0.25, 0.3) is 0 Å². The third-order valence-corrected chi connectivity index (χ3v) is 7.57. The summed E-state index contributed by atoms with van der Waals surface area (Å²) in [5.41, 5.74) is -0.203. The lowest BCUT2D eigenvalue weighted by molar-refractivity contribution is -0.384. The monoisotopic (exact) mass is 490 g/mol. The van der Waals surface area contributed by atoms with Crippen LogP contribution in [0.15, 0.2) is 47.4 Å². The van der Waals surface area contributed by atoms with Crippen LogP contribution in [0.4, 0.5) is 17.3 Å². The highest BCUT2D eigenvalue weighted by Crippen LogP contribution is 2.34. The lowest BCUT2D eigenvalue weighted by Crippen LogP contribution is -2.38. The van der Waals surface area contributed by atoms with Crippen LogP contribution in [0.5, 0.6) is 0 Å². The molecule has 0 N–H and O–H groups in total. The molecule has 0 unspecified atom stereocenters. The van der Waals surface area contributed by atoms with E-state index in [1.54, 1.807) is 30.0 Å². The molecule has 2 heterocycles. The Labute approximate surface area is 199 Å². The summed E-state index contributed by atoms with van der Waals surface area (Å²) < 4.78 is 33.1. The molecule has 0 spiro atoms. The fourth-order valence-electron chi connectivity index (χ4n) is 3.91. The zero-order valence-electron chi connectivity index (χ0n) is 19.4. The van der Waals surface area contributed by atoms with Crippen molar-refractivity contribution >= 4 is 33.3 Å². The molecular weight excluding hydrogens is 460 g/mol. The van der Waals surface area contributed by atoms with E-state index in [2.05, 4.69) is 4.98 Å². The van der Waals surface area contributed by atoms with Gasteiger partial charge in [-0.1, -0.05) is 31.5 Å². The number of carbonyl (C=O) groups is 1. The first-order valence-corrected chi connectivity index (χ1v) is 12.9. The van der Waals surface area contributed by atoms with Crippen LogP contribution in [0, 0.1) is 16.0 Å². The third kappa shape index (κ3) is 5.64. The summed E-state index contributed by atoms with van der Waals surface area (Å²) in [6.45, 7) is 4.96. The highest BCUT2D eigenvalue weighted by Gasteiger charge is 2.32. The number of hydrogen-bond donors (Lipinski definition) is 0. The average molecular weight is 491 g/mol. The summed E-state index contributed by atoms with van der Waals surface area (Å²) in [6.07, 6.45) is 2.32. The Morgan fingerprint density at radius 3 is 2.44 bits per heavy atom. The van der Waals surface area contributed by atoms with Crippen molar-refractivity contribution in [2.24, 2.45) is 5.92 Å². The lowest BCUT2D eigenvalue weighted by atomic mass is 9.97. The van der Waals surface area contributed by atoms with Gasteiger partial charge in [-0.25, -0.2) is 17.7 Å². The van der Waals surface area contributed by atoms with Gasteiger partial charge < -0.3 is 9.64 Å². The first-order valence-electron chi connectivity index (χ1n) is 11.4. The van der Waals surface area contributed by atoms with E-state index in [0.717, 1.165) is 6.42 Å². The highest BCUT2D eigenvalue weighted by atomic mass is 32.2. The number of carbonyl (C=O) groups excluding carboxylic acids is 1. The fraction of sp³-hybridized carbons (Fsp3) is 0.478. The molecule has 1 aromatic carbocycles. The summed E-state index contributed by atoms with van der Waals surface area (Å²) in [7, 11) is -3.91. The van der Waals surface area contributed by atoms with E-state index in [-0.39, 0.29) is 40.7 Å².